The molecule has 0 saturated carbocycles. The number of anilines is 2. The first-order chi connectivity index (χ1) is 15.6. The van der Waals surface area contributed by atoms with E-state index in [2.05, 4.69) is 16.3 Å². The van der Waals surface area contributed by atoms with Crippen LogP contribution in [0.15, 0.2) is 59.0 Å². The predicted molar refractivity (Wildman–Crippen MR) is 124 cm³/mol. The Balaban J connectivity index is 1.62. The summed E-state index contributed by atoms with van der Waals surface area (Å²) in [6, 6.07) is 16.7. The van der Waals surface area contributed by atoms with Crippen molar-refractivity contribution in [3.05, 3.63) is 60.4 Å². The number of morpholine rings is 1. The molecular weight excluding hydrogens is 406 g/mol. The third-order valence-electron chi connectivity index (χ3n) is 5.42. The maximum atomic E-state index is 11.1. The van der Waals surface area contributed by atoms with Crippen molar-refractivity contribution in [3.63, 3.8) is 0 Å². The summed E-state index contributed by atoms with van der Waals surface area (Å²) in [6.07, 6.45) is 0. The number of aryl methyl sites for hydroxylation is 1. The zero-order valence-corrected chi connectivity index (χ0v) is 17.7. The summed E-state index contributed by atoms with van der Waals surface area (Å²) in [5.41, 5.74) is 8.46. The minimum absolute atomic E-state index is 0.602. The minimum Gasteiger partial charge on any atom is -0.461 e. The number of primary amides is 1. The largest absolute Gasteiger partial charge is 0.461 e. The van der Waals surface area contributed by atoms with Crippen LogP contribution in [0.4, 0.5) is 16.3 Å². The van der Waals surface area contributed by atoms with E-state index in [1.165, 1.54) is 0 Å². The van der Waals surface area contributed by atoms with Gasteiger partial charge in [0.1, 0.15) is 17.3 Å². The molecule has 5 rings (SSSR count). The zero-order valence-electron chi connectivity index (χ0n) is 17.7. The number of ether oxygens (including phenoxy) is 1. The van der Waals surface area contributed by atoms with Gasteiger partial charge < -0.3 is 25.1 Å². The lowest BCUT2D eigenvalue weighted by Gasteiger charge is -2.29. The fraction of sp³-hybridized carbons (Fsp3) is 0.208. The maximum absolute atomic E-state index is 11.1. The Morgan fingerprint density at radius 1 is 1.00 bits per heavy atom. The normalized spacial score (nSPS) is 14.0. The molecule has 0 unspecified atom stereocenters. The summed E-state index contributed by atoms with van der Waals surface area (Å²) < 4.78 is 11.3. The fourth-order valence-electron chi connectivity index (χ4n) is 3.85. The van der Waals surface area contributed by atoms with E-state index in [1.54, 1.807) is 12.1 Å². The number of urea groups is 1. The monoisotopic (exact) mass is 429 g/mol. The number of nitrogens with zero attached hydrogens (tertiary/aromatic N) is 3. The van der Waals surface area contributed by atoms with Gasteiger partial charge in [0.2, 0.25) is 0 Å². The summed E-state index contributed by atoms with van der Waals surface area (Å²) in [4.78, 5) is 23.1. The van der Waals surface area contributed by atoms with Crippen molar-refractivity contribution in [1.82, 2.24) is 9.97 Å². The Kier molecular flexibility index (Phi) is 5.20. The second-order valence-corrected chi connectivity index (χ2v) is 7.68. The Morgan fingerprint density at radius 3 is 2.44 bits per heavy atom. The van der Waals surface area contributed by atoms with Crippen molar-refractivity contribution in [3.8, 4) is 22.7 Å². The van der Waals surface area contributed by atoms with Gasteiger partial charge in [0.15, 0.2) is 5.82 Å². The van der Waals surface area contributed by atoms with E-state index in [9.17, 15) is 4.79 Å². The van der Waals surface area contributed by atoms with Crippen LogP contribution in [0.25, 0.3) is 33.6 Å². The van der Waals surface area contributed by atoms with Crippen LogP contribution < -0.4 is 16.0 Å². The van der Waals surface area contributed by atoms with Crippen LogP contribution in [-0.4, -0.2) is 42.3 Å². The highest BCUT2D eigenvalue weighted by atomic mass is 16.5. The average molecular weight is 429 g/mol. The molecule has 0 aliphatic carbocycles. The SMILES string of the molecule is Cc1ccc(-c2ccc3c(N4CCOCC4)nc(-c4ccc(NC(N)=O)cc4)nc3c2)o1. The number of carbonyl (C=O) groups excluding carboxylic acids is 1. The molecule has 32 heavy (non-hydrogen) atoms. The molecule has 8 heteroatoms. The first kappa shape index (κ1) is 20.0. The van der Waals surface area contributed by atoms with Gasteiger partial charge in [-0.25, -0.2) is 14.8 Å². The number of furan rings is 1. The van der Waals surface area contributed by atoms with Crippen LogP contribution in [0, 0.1) is 6.92 Å². The third kappa shape index (κ3) is 4.00. The molecule has 0 radical (unpaired) electrons. The molecule has 1 aliphatic rings. The molecule has 8 nitrogen and oxygen atoms in total. The van der Waals surface area contributed by atoms with Gasteiger partial charge in [-0.15, -0.1) is 0 Å². The van der Waals surface area contributed by atoms with Crippen LogP contribution in [0.5, 0.6) is 0 Å². The Labute approximate surface area is 185 Å². The summed E-state index contributed by atoms with van der Waals surface area (Å²) in [6.45, 7) is 4.80. The molecule has 2 amide bonds. The Morgan fingerprint density at radius 2 is 1.75 bits per heavy atom. The molecule has 1 fully saturated rings. The molecular formula is C24H23N5O3. The van der Waals surface area contributed by atoms with Crippen molar-refractivity contribution >= 4 is 28.4 Å². The minimum atomic E-state index is -0.602. The molecule has 1 saturated heterocycles. The molecule has 4 aromatic rings. The van der Waals surface area contributed by atoms with Crippen LogP contribution in [0.1, 0.15) is 5.76 Å². The number of rotatable bonds is 4. The van der Waals surface area contributed by atoms with Crippen molar-refractivity contribution < 1.29 is 13.9 Å². The van der Waals surface area contributed by atoms with Crippen molar-refractivity contribution in [2.24, 2.45) is 5.73 Å². The predicted octanol–water partition coefficient (Wildman–Crippen LogP) is 4.19. The van der Waals surface area contributed by atoms with Crippen LogP contribution >= 0.6 is 0 Å². The fourth-order valence-corrected chi connectivity index (χ4v) is 3.85. The molecule has 3 heterocycles. The van der Waals surface area contributed by atoms with Gasteiger partial charge in [0.25, 0.3) is 0 Å². The number of carbonyl (C=O) groups is 1. The number of fused-ring (bicyclic) bond motifs is 1. The van der Waals surface area contributed by atoms with E-state index >= 15 is 0 Å². The lowest BCUT2D eigenvalue weighted by atomic mass is 10.1. The van der Waals surface area contributed by atoms with Crippen molar-refractivity contribution in [2.45, 2.75) is 6.92 Å². The molecule has 162 valence electrons. The van der Waals surface area contributed by atoms with Crippen LogP contribution in [-0.2, 0) is 4.74 Å². The van der Waals surface area contributed by atoms with Gasteiger partial charge in [0.05, 0.1) is 18.7 Å². The van der Waals surface area contributed by atoms with E-state index < -0.39 is 6.03 Å². The number of aromatic nitrogens is 2. The average Bonchev–Trinajstić information content (AvgIpc) is 3.25. The summed E-state index contributed by atoms with van der Waals surface area (Å²) in [7, 11) is 0. The first-order valence-electron chi connectivity index (χ1n) is 10.4. The molecule has 2 aromatic carbocycles. The van der Waals surface area contributed by atoms with E-state index in [-0.39, 0.29) is 0 Å². The standard InChI is InChI=1S/C24H23N5O3/c1-15-2-9-21(32-15)17-5-8-19-20(14-17)27-22(28-23(19)29-10-12-31-13-11-29)16-3-6-18(7-4-16)26-24(25)30/h2-9,14H,10-13H2,1H3,(H3,25,26,30). The molecule has 0 bridgehead atoms. The smallest absolute Gasteiger partial charge is 0.316 e. The van der Waals surface area contributed by atoms with Gasteiger partial charge in [-0.05, 0) is 55.5 Å². The van der Waals surface area contributed by atoms with E-state index in [1.807, 2.05) is 43.3 Å². The van der Waals surface area contributed by atoms with E-state index in [4.69, 9.17) is 24.9 Å². The molecule has 3 N–H and O–H groups in total. The topological polar surface area (TPSA) is 107 Å². The number of nitrogens with one attached hydrogen (secondary N) is 1. The summed E-state index contributed by atoms with van der Waals surface area (Å²) in [5, 5.41) is 3.55. The maximum Gasteiger partial charge on any atom is 0.316 e. The second-order valence-electron chi connectivity index (χ2n) is 7.68. The van der Waals surface area contributed by atoms with Gasteiger partial charge >= 0.3 is 6.03 Å². The first-order valence-corrected chi connectivity index (χ1v) is 10.4. The zero-order chi connectivity index (χ0) is 22.1. The molecule has 0 atom stereocenters. The van der Waals surface area contributed by atoms with Gasteiger partial charge in [-0.3, -0.25) is 0 Å². The third-order valence-corrected chi connectivity index (χ3v) is 5.42. The van der Waals surface area contributed by atoms with Crippen LogP contribution in [0.2, 0.25) is 0 Å². The Bertz CT molecular complexity index is 1280. The summed E-state index contributed by atoms with van der Waals surface area (Å²) >= 11 is 0. The van der Waals surface area contributed by atoms with E-state index in [0.29, 0.717) is 24.7 Å². The van der Waals surface area contributed by atoms with Gasteiger partial charge in [0, 0.05) is 35.3 Å². The Hall–Kier alpha value is -3.91. The molecule has 0 spiro atoms. The highest BCUT2D eigenvalue weighted by Gasteiger charge is 2.19. The van der Waals surface area contributed by atoms with Crippen molar-refractivity contribution in [2.75, 3.05) is 36.5 Å². The lowest BCUT2D eigenvalue weighted by Crippen LogP contribution is -2.37. The number of amides is 2. The second kappa shape index (κ2) is 8.32. The number of nitrogens with two attached hydrogens (primary N) is 1. The summed E-state index contributed by atoms with van der Waals surface area (Å²) in [5.74, 6) is 3.16. The lowest BCUT2D eigenvalue weighted by molar-refractivity contribution is 0.122. The van der Waals surface area contributed by atoms with Gasteiger partial charge in [-0.1, -0.05) is 6.07 Å². The quantitative estimate of drug-likeness (QED) is 0.504. The number of benzene rings is 2. The van der Waals surface area contributed by atoms with Crippen molar-refractivity contribution in [1.29, 1.82) is 0 Å². The molecule has 1 aliphatic heterocycles. The molecule has 2 aromatic heterocycles. The van der Waals surface area contributed by atoms with Gasteiger partial charge in [-0.2, -0.15) is 0 Å². The highest BCUT2D eigenvalue weighted by molar-refractivity contribution is 5.94. The van der Waals surface area contributed by atoms with E-state index in [0.717, 1.165) is 52.5 Å². The number of hydrogen-bond donors (Lipinski definition) is 2. The van der Waals surface area contributed by atoms with Crippen LogP contribution in [0.3, 0.4) is 0 Å². The highest BCUT2D eigenvalue weighted by Crippen LogP contribution is 2.32. The number of hydrogen-bond acceptors (Lipinski definition) is 6.